The molecule has 94 valence electrons. The van der Waals surface area contributed by atoms with Crippen molar-refractivity contribution in [3.8, 4) is 0 Å². The number of fused-ring (bicyclic) bond motifs is 1. The highest BCUT2D eigenvalue weighted by Crippen LogP contribution is 2.36. The Hall–Kier alpha value is -1.15. The summed E-state index contributed by atoms with van der Waals surface area (Å²) in [5, 5.41) is 1.58. The van der Waals surface area contributed by atoms with E-state index >= 15 is 0 Å². The molecule has 1 aliphatic carbocycles. The molecule has 2 nitrogen and oxygen atoms in total. The number of hydrogen-bond donors (Lipinski definition) is 0. The lowest BCUT2D eigenvalue weighted by atomic mass is 9.85. The van der Waals surface area contributed by atoms with E-state index in [9.17, 15) is 0 Å². The number of halogens is 1. The van der Waals surface area contributed by atoms with E-state index in [2.05, 4.69) is 42.0 Å². The number of nitrogens with zero attached hydrogens (tertiary/aromatic N) is 2. The third kappa shape index (κ3) is 1.99. The maximum atomic E-state index is 6.31. The zero-order chi connectivity index (χ0) is 12.7. The lowest BCUT2D eigenvalue weighted by Crippen LogP contribution is -2.12. The second kappa shape index (κ2) is 4.51. The van der Waals surface area contributed by atoms with Crippen LogP contribution in [0.25, 0.3) is 10.9 Å². The van der Waals surface area contributed by atoms with Crippen LogP contribution in [0.15, 0.2) is 18.2 Å². The van der Waals surface area contributed by atoms with Gasteiger partial charge in [-0.05, 0) is 36.5 Å². The van der Waals surface area contributed by atoms with Crippen molar-refractivity contribution >= 4 is 22.5 Å². The van der Waals surface area contributed by atoms with Crippen LogP contribution < -0.4 is 0 Å². The summed E-state index contributed by atoms with van der Waals surface area (Å²) >= 11 is 6.31. The summed E-state index contributed by atoms with van der Waals surface area (Å²) in [5.74, 6) is 1.95. The standard InChI is InChI=1S/C15H17ClN2/c1-9(2)11-6-7-13-12(8-11)14(16)18-15(17-13)10-4-3-5-10/h6-10H,3-5H2,1-2H3. The van der Waals surface area contributed by atoms with Crippen LogP contribution in [0.1, 0.15) is 56.3 Å². The van der Waals surface area contributed by atoms with Gasteiger partial charge in [-0.25, -0.2) is 9.97 Å². The number of aromatic nitrogens is 2. The van der Waals surface area contributed by atoms with Gasteiger partial charge in [-0.15, -0.1) is 0 Å². The third-order valence-electron chi connectivity index (χ3n) is 3.83. The van der Waals surface area contributed by atoms with Crippen molar-refractivity contribution in [2.75, 3.05) is 0 Å². The topological polar surface area (TPSA) is 25.8 Å². The number of rotatable bonds is 2. The van der Waals surface area contributed by atoms with E-state index in [0.29, 0.717) is 17.0 Å². The molecule has 18 heavy (non-hydrogen) atoms. The minimum atomic E-state index is 0.497. The lowest BCUT2D eigenvalue weighted by molar-refractivity contribution is 0.402. The molecule has 0 amide bonds. The van der Waals surface area contributed by atoms with E-state index < -0.39 is 0 Å². The smallest absolute Gasteiger partial charge is 0.140 e. The molecule has 0 saturated heterocycles. The Labute approximate surface area is 112 Å². The van der Waals surface area contributed by atoms with Crippen molar-refractivity contribution in [2.45, 2.75) is 44.9 Å². The molecule has 0 atom stereocenters. The van der Waals surface area contributed by atoms with Crippen LogP contribution in [0.2, 0.25) is 5.15 Å². The van der Waals surface area contributed by atoms with Crippen molar-refractivity contribution in [1.82, 2.24) is 9.97 Å². The Morgan fingerprint density at radius 3 is 2.61 bits per heavy atom. The lowest BCUT2D eigenvalue weighted by Gasteiger charge is -2.24. The SMILES string of the molecule is CC(C)c1ccc2nc(C3CCC3)nc(Cl)c2c1. The van der Waals surface area contributed by atoms with Crippen molar-refractivity contribution in [3.05, 3.63) is 34.7 Å². The summed E-state index contributed by atoms with van der Waals surface area (Å²) < 4.78 is 0. The molecule has 0 N–H and O–H groups in total. The van der Waals surface area contributed by atoms with Crippen molar-refractivity contribution in [1.29, 1.82) is 0 Å². The Kier molecular flexibility index (Phi) is 2.98. The molecule has 0 radical (unpaired) electrons. The highest BCUT2D eigenvalue weighted by Gasteiger charge is 2.23. The molecular weight excluding hydrogens is 244 g/mol. The van der Waals surface area contributed by atoms with Gasteiger partial charge in [-0.1, -0.05) is 37.9 Å². The molecule has 3 heteroatoms. The fourth-order valence-electron chi connectivity index (χ4n) is 2.33. The monoisotopic (exact) mass is 260 g/mol. The van der Waals surface area contributed by atoms with Gasteiger partial charge in [0.25, 0.3) is 0 Å². The van der Waals surface area contributed by atoms with E-state index in [0.717, 1.165) is 16.7 Å². The number of benzene rings is 1. The second-order valence-electron chi connectivity index (χ2n) is 5.43. The van der Waals surface area contributed by atoms with E-state index in [1.165, 1.54) is 24.8 Å². The van der Waals surface area contributed by atoms with Crippen molar-refractivity contribution < 1.29 is 0 Å². The molecule has 1 saturated carbocycles. The van der Waals surface area contributed by atoms with Gasteiger partial charge in [0.05, 0.1) is 5.52 Å². The zero-order valence-corrected chi connectivity index (χ0v) is 11.5. The van der Waals surface area contributed by atoms with Crippen molar-refractivity contribution in [3.63, 3.8) is 0 Å². The first-order valence-corrected chi connectivity index (χ1v) is 7.00. The average Bonchev–Trinajstić information content (AvgIpc) is 2.26. The van der Waals surface area contributed by atoms with Crippen LogP contribution >= 0.6 is 11.6 Å². The highest BCUT2D eigenvalue weighted by atomic mass is 35.5. The first kappa shape index (κ1) is 11.9. The predicted octanol–water partition coefficient (Wildman–Crippen LogP) is 4.67. The summed E-state index contributed by atoms with van der Waals surface area (Å²) in [4.78, 5) is 9.14. The van der Waals surface area contributed by atoms with Gasteiger partial charge in [-0.3, -0.25) is 0 Å². The van der Waals surface area contributed by atoms with E-state index in [1.54, 1.807) is 0 Å². The summed E-state index contributed by atoms with van der Waals surface area (Å²) in [6, 6.07) is 6.33. The van der Waals surface area contributed by atoms with Gasteiger partial charge in [0.15, 0.2) is 0 Å². The van der Waals surface area contributed by atoms with Crippen LogP contribution in [0.3, 0.4) is 0 Å². The summed E-state index contributed by atoms with van der Waals surface area (Å²) in [6.45, 7) is 4.36. The molecule has 2 aromatic rings. The number of hydrogen-bond acceptors (Lipinski definition) is 2. The van der Waals surface area contributed by atoms with Gasteiger partial charge in [-0.2, -0.15) is 0 Å². The van der Waals surface area contributed by atoms with E-state index in [1.807, 2.05) is 0 Å². The van der Waals surface area contributed by atoms with Crippen LogP contribution in [-0.4, -0.2) is 9.97 Å². The molecule has 1 aromatic heterocycles. The van der Waals surface area contributed by atoms with Crippen LogP contribution in [-0.2, 0) is 0 Å². The minimum absolute atomic E-state index is 0.497. The molecule has 1 aromatic carbocycles. The molecule has 3 rings (SSSR count). The van der Waals surface area contributed by atoms with Crippen molar-refractivity contribution in [2.24, 2.45) is 0 Å². The molecule has 0 aliphatic heterocycles. The van der Waals surface area contributed by atoms with Crippen LogP contribution in [0.5, 0.6) is 0 Å². The minimum Gasteiger partial charge on any atom is -0.232 e. The van der Waals surface area contributed by atoms with Gasteiger partial charge in [0.1, 0.15) is 11.0 Å². The third-order valence-corrected chi connectivity index (χ3v) is 4.12. The second-order valence-corrected chi connectivity index (χ2v) is 5.79. The Balaban J connectivity index is 2.11. The maximum absolute atomic E-state index is 6.31. The zero-order valence-electron chi connectivity index (χ0n) is 10.8. The molecule has 1 aliphatic rings. The quantitative estimate of drug-likeness (QED) is 0.733. The Morgan fingerprint density at radius 2 is 2.00 bits per heavy atom. The summed E-state index contributed by atoms with van der Waals surface area (Å²) in [7, 11) is 0. The molecular formula is C15H17ClN2. The van der Waals surface area contributed by atoms with Gasteiger partial charge >= 0.3 is 0 Å². The first-order chi connectivity index (χ1) is 8.65. The molecule has 0 unspecified atom stereocenters. The fraction of sp³-hybridized carbons (Fsp3) is 0.467. The van der Waals surface area contributed by atoms with Gasteiger partial charge in [0, 0.05) is 11.3 Å². The van der Waals surface area contributed by atoms with E-state index in [-0.39, 0.29) is 0 Å². The van der Waals surface area contributed by atoms with Crippen LogP contribution in [0.4, 0.5) is 0 Å². The van der Waals surface area contributed by atoms with E-state index in [4.69, 9.17) is 11.6 Å². The van der Waals surface area contributed by atoms with Gasteiger partial charge in [0.2, 0.25) is 0 Å². The molecule has 0 bridgehead atoms. The highest BCUT2D eigenvalue weighted by molar-refractivity contribution is 6.34. The summed E-state index contributed by atoms with van der Waals surface area (Å²) in [6.07, 6.45) is 3.69. The molecule has 1 heterocycles. The largest absolute Gasteiger partial charge is 0.232 e. The fourth-order valence-corrected chi connectivity index (χ4v) is 2.57. The first-order valence-electron chi connectivity index (χ1n) is 6.62. The summed E-state index contributed by atoms with van der Waals surface area (Å²) in [5.41, 5.74) is 2.26. The normalized spacial score (nSPS) is 16.2. The molecule has 0 spiro atoms. The Morgan fingerprint density at radius 1 is 1.22 bits per heavy atom. The molecule has 1 fully saturated rings. The Bertz CT molecular complexity index is 588. The van der Waals surface area contributed by atoms with Gasteiger partial charge < -0.3 is 0 Å². The average molecular weight is 261 g/mol. The predicted molar refractivity (Wildman–Crippen MR) is 75.2 cm³/mol. The van der Waals surface area contributed by atoms with Crippen LogP contribution in [0, 0.1) is 0 Å². The maximum Gasteiger partial charge on any atom is 0.140 e.